The van der Waals surface area contributed by atoms with Crippen molar-refractivity contribution >= 4 is 27.5 Å². The predicted octanol–water partition coefficient (Wildman–Crippen LogP) is 3.05. The first-order valence-electron chi connectivity index (χ1n) is 5.55. The smallest absolute Gasteiger partial charge is 0.272 e. The van der Waals surface area contributed by atoms with Crippen molar-refractivity contribution in [3.63, 3.8) is 0 Å². The zero-order valence-corrected chi connectivity index (χ0v) is 12.1. The molecular formula is C13H14BrN3O. The Balaban J connectivity index is 2.21. The molecule has 0 aliphatic carbocycles. The first kappa shape index (κ1) is 12.8. The van der Waals surface area contributed by atoms with Gasteiger partial charge in [-0.3, -0.25) is 4.79 Å². The number of hydrogen-bond donors (Lipinski definition) is 1. The summed E-state index contributed by atoms with van der Waals surface area (Å²) in [5.74, 6) is -0.130. The molecule has 5 heteroatoms. The van der Waals surface area contributed by atoms with Crippen LogP contribution in [0, 0.1) is 13.8 Å². The molecule has 0 bridgehead atoms. The molecule has 0 radical (unpaired) electrons. The molecule has 0 spiro atoms. The van der Waals surface area contributed by atoms with Crippen molar-refractivity contribution in [2.24, 2.45) is 7.05 Å². The third-order valence-corrected chi connectivity index (χ3v) is 3.71. The molecule has 0 aliphatic heterocycles. The summed E-state index contributed by atoms with van der Waals surface area (Å²) < 4.78 is 2.64. The van der Waals surface area contributed by atoms with Crippen LogP contribution in [-0.2, 0) is 7.05 Å². The summed E-state index contributed by atoms with van der Waals surface area (Å²) in [5, 5.41) is 2.84. The summed E-state index contributed by atoms with van der Waals surface area (Å²) in [6.07, 6.45) is 1.63. The van der Waals surface area contributed by atoms with Gasteiger partial charge in [0.05, 0.1) is 11.9 Å². The number of nitrogens with zero attached hydrogens (tertiary/aromatic N) is 2. The Labute approximate surface area is 114 Å². The van der Waals surface area contributed by atoms with Crippen LogP contribution in [0.25, 0.3) is 0 Å². The van der Waals surface area contributed by atoms with Crippen LogP contribution < -0.4 is 5.32 Å². The summed E-state index contributed by atoms with van der Waals surface area (Å²) in [5.41, 5.74) is 3.36. The van der Waals surface area contributed by atoms with Crippen molar-refractivity contribution in [1.29, 1.82) is 0 Å². The second-order valence-electron chi connectivity index (χ2n) is 4.20. The lowest BCUT2D eigenvalue weighted by Gasteiger charge is -2.08. The maximum absolute atomic E-state index is 12.1. The number of nitrogens with one attached hydrogen (secondary N) is 1. The molecular weight excluding hydrogens is 294 g/mol. The average Bonchev–Trinajstić information content (AvgIpc) is 2.65. The summed E-state index contributed by atoms with van der Waals surface area (Å²) in [7, 11) is 1.87. The maximum atomic E-state index is 12.1. The number of carbonyl (C=O) groups excluding carboxylic acids is 1. The maximum Gasteiger partial charge on any atom is 0.272 e. The van der Waals surface area contributed by atoms with Gasteiger partial charge in [0, 0.05) is 12.7 Å². The van der Waals surface area contributed by atoms with Gasteiger partial charge >= 0.3 is 0 Å². The Bertz CT molecular complexity index is 604. The van der Waals surface area contributed by atoms with E-state index in [9.17, 15) is 4.79 Å². The number of rotatable bonds is 2. The lowest BCUT2D eigenvalue weighted by atomic mass is 10.3. The van der Waals surface area contributed by atoms with Crippen LogP contribution in [0.1, 0.15) is 21.7 Å². The number of carbonyl (C=O) groups is 1. The zero-order chi connectivity index (χ0) is 13.3. The van der Waals surface area contributed by atoms with Crippen molar-refractivity contribution in [1.82, 2.24) is 9.55 Å². The summed E-state index contributed by atoms with van der Waals surface area (Å²) in [4.78, 5) is 16.2. The van der Waals surface area contributed by atoms with E-state index >= 15 is 0 Å². The summed E-state index contributed by atoms with van der Waals surface area (Å²) in [6.45, 7) is 3.89. The second-order valence-corrected chi connectivity index (χ2v) is 4.96. The van der Waals surface area contributed by atoms with E-state index < -0.39 is 0 Å². The van der Waals surface area contributed by atoms with E-state index in [2.05, 4.69) is 26.2 Å². The molecule has 0 aromatic carbocycles. The highest BCUT2D eigenvalue weighted by Gasteiger charge is 2.11. The molecule has 94 valence electrons. The van der Waals surface area contributed by atoms with Gasteiger partial charge in [-0.15, -0.1) is 0 Å². The number of amides is 1. The van der Waals surface area contributed by atoms with Gasteiger partial charge in [0.25, 0.3) is 5.91 Å². The fourth-order valence-electron chi connectivity index (χ4n) is 1.66. The molecule has 0 saturated carbocycles. The minimum Gasteiger partial charge on any atom is -0.344 e. The zero-order valence-electron chi connectivity index (χ0n) is 10.5. The van der Waals surface area contributed by atoms with Crippen molar-refractivity contribution in [3.05, 3.63) is 46.0 Å². The van der Waals surface area contributed by atoms with Crippen LogP contribution in [0.3, 0.4) is 0 Å². The van der Waals surface area contributed by atoms with Gasteiger partial charge in [-0.2, -0.15) is 0 Å². The van der Waals surface area contributed by atoms with Gasteiger partial charge in [-0.25, -0.2) is 4.98 Å². The van der Waals surface area contributed by atoms with Crippen LogP contribution in [0.2, 0.25) is 0 Å². The molecule has 4 nitrogen and oxygen atoms in total. The van der Waals surface area contributed by atoms with Crippen LogP contribution >= 0.6 is 15.9 Å². The molecule has 0 aliphatic rings. The topological polar surface area (TPSA) is 46.9 Å². The van der Waals surface area contributed by atoms with Crippen LogP contribution in [-0.4, -0.2) is 15.5 Å². The molecule has 18 heavy (non-hydrogen) atoms. The summed E-state index contributed by atoms with van der Waals surface area (Å²) >= 11 is 3.33. The number of aryl methyl sites for hydroxylation is 2. The monoisotopic (exact) mass is 307 g/mol. The molecule has 0 fully saturated rings. The number of anilines is 1. The van der Waals surface area contributed by atoms with Crippen molar-refractivity contribution in [2.45, 2.75) is 13.8 Å². The Kier molecular flexibility index (Phi) is 3.52. The highest BCUT2D eigenvalue weighted by molar-refractivity contribution is 9.10. The van der Waals surface area contributed by atoms with E-state index in [0.29, 0.717) is 11.4 Å². The minimum atomic E-state index is -0.130. The summed E-state index contributed by atoms with van der Waals surface area (Å²) in [6, 6.07) is 5.61. The number of aromatic nitrogens is 2. The van der Waals surface area contributed by atoms with Crippen LogP contribution in [0.4, 0.5) is 5.69 Å². The van der Waals surface area contributed by atoms with Crippen molar-refractivity contribution < 1.29 is 4.79 Å². The molecule has 2 aromatic heterocycles. The van der Waals surface area contributed by atoms with E-state index in [4.69, 9.17) is 0 Å². The fraction of sp³-hybridized carbons (Fsp3) is 0.231. The van der Waals surface area contributed by atoms with Crippen LogP contribution in [0.5, 0.6) is 0 Å². The van der Waals surface area contributed by atoms with Crippen molar-refractivity contribution in [2.75, 3.05) is 5.32 Å². The standard InChI is InChI=1S/C13H14BrN3O/c1-8-6-10(7-15-12(8)14)16-13(18)11-5-4-9(2)17(11)3/h4-7H,1-3H3,(H,16,18). The highest BCUT2D eigenvalue weighted by Crippen LogP contribution is 2.17. The van der Waals surface area contributed by atoms with Crippen molar-refractivity contribution in [3.8, 4) is 0 Å². The molecule has 1 N–H and O–H groups in total. The van der Waals surface area contributed by atoms with Gasteiger partial charge in [0.15, 0.2) is 0 Å². The van der Waals surface area contributed by atoms with Gasteiger partial charge in [-0.1, -0.05) is 0 Å². The lowest BCUT2D eigenvalue weighted by molar-refractivity contribution is 0.101. The van der Waals surface area contributed by atoms with Gasteiger partial charge in [0.2, 0.25) is 0 Å². The van der Waals surface area contributed by atoms with E-state index in [0.717, 1.165) is 15.9 Å². The minimum absolute atomic E-state index is 0.130. The van der Waals surface area contributed by atoms with E-state index in [-0.39, 0.29) is 5.91 Å². The Hall–Kier alpha value is -1.62. The van der Waals surface area contributed by atoms with Gasteiger partial charge in [0.1, 0.15) is 10.3 Å². The molecule has 2 aromatic rings. The third kappa shape index (κ3) is 2.46. The highest BCUT2D eigenvalue weighted by atomic mass is 79.9. The number of halogens is 1. The number of pyridine rings is 1. The molecule has 0 atom stereocenters. The third-order valence-electron chi connectivity index (χ3n) is 2.88. The normalized spacial score (nSPS) is 10.4. The number of hydrogen-bond acceptors (Lipinski definition) is 2. The van der Waals surface area contributed by atoms with E-state index in [1.165, 1.54) is 0 Å². The Morgan fingerprint density at radius 3 is 2.67 bits per heavy atom. The first-order chi connectivity index (χ1) is 8.49. The molecule has 0 unspecified atom stereocenters. The fourth-order valence-corrected chi connectivity index (χ4v) is 1.88. The van der Waals surface area contributed by atoms with E-state index in [1.807, 2.05) is 43.7 Å². The quantitative estimate of drug-likeness (QED) is 0.867. The predicted molar refractivity (Wildman–Crippen MR) is 74.8 cm³/mol. The molecule has 0 saturated heterocycles. The Morgan fingerprint density at radius 1 is 1.39 bits per heavy atom. The van der Waals surface area contributed by atoms with Gasteiger partial charge < -0.3 is 9.88 Å². The molecule has 1 amide bonds. The van der Waals surface area contributed by atoms with E-state index in [1.54, 1.807) is 6.20 Å². The second kappa shape index (κ2) is 4.94. The first-order valence-corrected chi connectivity index (χ1v) is 6.34. The largest absolute Gasteiger partial charge is 0.344 e. The molecule has 2 rings (SSSR count). The lowest BCUT2D eigenvalue weighted by Crippen LogP contribution is -2.16. The average molecular weight is 308 g/mol. The Morgan fingerprint density at radius 2 is 2.11 bits per heavy atom. The SMILES string of the molecule is Cc1cc(NC(=O)c2ccc(C)n2C)cnc1Br. The molecule has 2 heterocycles. The van der Waals surface area contributed by atoms with Gasteiger partial charge in [-0.05, 0) is 53.5 Å². The van der Waals surface area contributed by atoms with Crippen LogP contribution in [0.15, 0.2) is 29.0 Å².